The minimum absolute atomic E-state index is 0.976. The summed E-state index contributed by atoms with van der Waals surface area (Å²) >= 11 is 0. The van der Waals surface area contributed by atoms with Gasteiger partial charge in [0.1, 0.15) is 5.75 Å². The molecule has 0 atom stereocenters. The molecule has 24 heavy (non-hydrogen) atoms. The Morgan fingerprint density at radius 1 is 0.958 bits per heavy atom. The number of ether oxygens (including phenoxy) is 1. The standard InChI is InChI=1S/C21H22N2O/c1-24-21-17-9-5-6-10-19(17)22-20-12-14-23(13-11-18(20)21)15-16-7-3-2-4-8-16/h2-10H,11-15H2,1H3. The first-order chi connectivity index (χ1) is 11.8. The van der Waals surface area contributed by atoms with Crippen molar-refractivity contribution >= 4 is 10.9 Å². The summed E-state index contributed by atoms with van der Waals surface area (Å²) in [4.78, 5) is 7.43. The second kappa shape index (κ2) is 6.62. The van der Waals surface area contributed by atoms with Crippen molar-refractivity contribution in [2.45, 2.75) is 19.4 Å². The predicted molar refractivity (Wildman–Crippen MR) is 97.4 cm³/mol. The van der Waals surface area contributed by atoms with E-state index in [0.717, 1.165) is 49.1 Å². The topological polar surface area (TPSA) is 25.4 Å². The average Bonchev–Trinajstić information content (AvgIpc) is 2.83. The summed E-state index contributed by atoms with van der Waals surface area (Å²) in [5, 5.41) is 1.12. The first-order valence-electron chi connectivity index (χ1n) is 8.56. The van der Waals surface area contributed by atoms with Gasteiger partial charge in [-0.05, 0) is 24.1 Å². The number of fused-ring (bicyclic) bond motifs is 2. The molecule has 0 N–H and O–H groups in total. The monoisotopic (exact) mass is 318 g/mol. The molecule has 1 aliphatic rings. The molecule has 3 heteroatoms. The van der Waals surface area contributed by atoms with Crippen LogP contribution in [0.1, 0.15) is 16.8 Å². The molecule has 0 saturated carbocycles. The number of para-hydroxylation sites is 1. The molecule has 3 nitrogen and oxygen atoms in total. The Hall–Kier alpha value is -2.39. The number of pyridine rings is 1. The van der Waals surface area contributed by atoms with E-state index in [0.29, 0.717) is 0 Å². The van der Waals surface area contributed by atoms with Crippen LogP contribution in [0, 0.1) is 0 Å². The highest BCUT2D eigenvalue weighted by atomic mass is 16.5. The van der Waals surface area contributed by atoms with Crippen molar-refractivity contribution in [2.24, 2.45) is 0 Å². The maximum absolute atomic E-state index is 5.78. The third-order valence-electron chi connectivity index (χ3n) is 4.82. The fourth-order valence-corrected chi connectivity index (χ4v) is 3.61. The van der Waals surface area contributed by atoms with Gasteiger partial charge in [0.15, 0.2) is 0 Å². The third kappa shape index (κ3) is 2.87. The lowest BCUT2D eigenvalue weighted by Crippen LogP contribution is -2.25. The van der Waals surface area contributed by atoms with Crippen molar-refractivity contribution in [2.75, 3.05) is 20.2 Å². The zero-order valence-corrected chi connectivity index (χ0v) is 14.0. The maximum Gasteiger partial charge on any atom is 0.133 e. The number of methoxy groups -OCH3 is 1. The van der Waals surface area contributed by atoms with Gasteiger partial charge in [-0.2, -0.15) is 0 Å². The number of hydrogen-bond acceptors (Lipinski definition) is 3. The van der Waals surface area contributed by atoms with Gasteiger partial charge < -0.3 is 4.74 Å². The fourth-order valence-electron chi connectivity index (χ4n) is 3.61. The highest BCUT2D eigenvalue weighted by Gasteiger charge is 2.20. The summed E-state index contributed by atoms with van der Waals surface area (Å²) in [7, 11) is 1.77. The molecular formula is C21H22N2O. The number of aromatic nitrogens is 1. The molecular weight excluding hydrogens is 296 g/mol. The molecule has 122 valence electrons. The Morgan fingerprint density at radius 3 is 2.54 bits per heavy atom. The molecule has 0 spiro atoms. The summed E-state index contributed by atoms with van der Waals surface area (Å²) in [5.74, 6) is 1.01. The largest absolute Gasteiger partial charge is 0.496 e. The van der Waals surface area contributed by atoms with E-state index in [1.807, 2.05) is 6.07 Å². The molecule has 0 unspecified atom stereocenters. The Bertz CT molecular complexity index is 845. The number of benzene rings is 2. The lowest BCUT2D eigenvalue weighted by atomic mass is 10.0. The van der Waals surface area contributed by atoms with Crippen LogP contribution in [0.15, 0.2) is 54.6 Å². The fraction of sp³-hybridized carbons (Fsp3) is 0.286. The second-order valence-electron chi connectivity index (χ2n) is 6.35. The molecule has 3 aromatic rings. The number of hydrogen-bond donors (Lipinski definition) is 0. The van der Waals surface area contributed by atoms with E-state index in [2.05, 4.69) is 53.4 Å². The summed E-state index contributed by atoms with van der Waals surface area (Å²) < 4.78 is 5.78. The molecule has 4 rings (SSSR count). The van der Waals surface area contributed by atoms with Crippen molar-refractivity contribution < 1.29 is 4.74 Å². The van der Waals surface area contributed by atoms with Crippen LogP contribution in [-0.4, -0.2) is 30.1 Å². The molecule has 1 aromatic heterocycles. The minimum atomic E-state index is 0.976. The zero-order chi connectivity index (χ0) is 16.4. The van der Waals surface area contributed by atoms with Crippen LogP contribution in [0.2, 0.25) is 0 Å². The van der Waals surface area contributed by atoms with Gasteiger partial charge in [-0.1, -0.05) is 42.5 Å². The predicted octanol–water partition coefficient (Wildman–Crippen LogP) is 3.84. The van der Waals surface area contributed by atoms with Gasteiger partial charge in [-0.15, -0.1) is 0 Å². The highest BCUT2D eigenvalue weighted by Crippen LogP contribution is 2.32. The van der Waals surface area contributed by atoms with Crippen molar-refractivity contribution in [3.05, 3.63) is 71.4 Å². The van der Waals surface area contributed by atoms with E-state index >= 15 is 0 Å². The van der Waals surface area contributed by atoms with Crippen LogP contribution in [0.5, 0.6) is 5.75 Å². The first-order valence-corrected chi connectivity index (χ1v) is 8.56. The number of rotatable bonds is 3. The van der Waals surface area contributed by atoms with Crippen LogP contribution >= 0.6 is 0 Å². The van der Waals surface area contributed by atoms with E-state index in [4.69, 9.17) is 9.72 Å². The van der Waals surface area contributed by atoms with Crippen molar-refractivity contribution in [1.29, 1.82) is 0 Å². The molecule has 2 heterocycles. The van der Waals surface area contributed by atoms with Crippen molar-refractivity contribution in [3.63, 3.8) is 0 Å². The van der Waals surface area contributed by atoms with Crippen LogP contribution in [0.4, 0.5) is 0 Å². The summed E-state index contributed by atoms with van der Waals surface area (Å²) in [6, 6.07) is 19.0. The average molecular weight is 318 g/mol. The summed E-state index contributed by atoms with van der Waals surface area (Å²) in [5.41, 5.74) is 4.88. The Morgan fingerprint density at radius 2 is 1.71 bits per heavy atom. The van der Waals surface area contributed by atoms with E-state index in [1.165, 1.54) is 16.8 Å². The van der Waals surface area contributed by atoms with Gasteiger partial charge in [-0.3, -0.25) is 9.88 Å². The lowest BCUT2D eigenvalue weighted by molar-refractivity contribution is 0.278. The van der Waals surface area contributed by atoms with E-state index < -0.39 is 0 Å². The molecule has 1 aliphatic heterocycles. The van der Waals surface area contributed by atoms with Crippen molar-refractivity contribution in [3.8, 4) is 5.75 Å². The molecule has 0 bridgehead atoms. The van der Waals surface area contributed by atoms with Crippen LogP contribution in [-0.2, 0) is 19.4 Å². The van der Waals surface area contributed by atoms with E-state index in [-0.39, 0.29) is 0 Å². The Labute approximate surface area is 142 Å². The minimum Gasteiger partial charge on any atom is -0.496 e. The van der Waals surface area contributed by atoms with E-state index in [9.17, 15) is 0 Å². The normalized spacial score (nSPS) is 15.0. The Kier molecular flexibility index (Phi) is 4.18. The second-order valence-corrected chi connectivity index (χ2v) is 6.35. The molecule has 0 aliphatic carbocycles. The molecule has 2 aromatic carbocycles. The Balaban J connectivity index is 1.64. The van der Waals surface area contributed by atoms with Gasteiger partial charge in [0, 0.05) is 42.7 Å². The smallest absolute Gasteiger partial charge is 0.133 e. The third-order valence-corrected chi connectivity index (χ3v) is 4.82. The first kappa shape index (κ1) is 15.2. The lowest BCUT2D eigenvalue weighted by Gasteiger charge is -2.19. The number of nitrogens with zero attached hydrogens (tertiary/aromatic N) is 2. The van der Waals surface area contributed by atoms with Crippen LogP contribution in [0.3, 0.4) is 0 Å². The molecule has 0 fully saturated rings. The van der Waals surface area contributed by atoms with Gasteiger partial charge in [-0.25, -0.2) is 0 Å². The maximum atomic E-state index is 5.78. The molecule has 0 saturated heterocycles. The quantitative estimate of drug-likeness (QED) is 0.733. The highest BCUT2D eigenvalue weighted by molar-refractivity contribution is 5.86. The van der Waals surface area contributed by atoms with Gasteiger partial charge in [0.05, 0.1) is 12.6 Å². The van der Waals surface area contributed by atoms with Gasteiger partial charge >= 0.3 is 0 Å². The van der Waals surface area contributed by atoms with Crippen LogP contribution < -0.4 is 4.74 Å². The summed E-state index contributed by atoms with van der Waals surface area (Å²) in [6.07, 6.45) is 1.96. The van der Waals surface area contributed by atoms with Crippen molar-refractivity contribution in [1.82, 2.24) is 9.88 Å². The van der Waals surface area contributed by atoms with Gasteiger partial charge in [0.25, 0.3) is 0 Å². The molecule has 0 amide bonds. The van der Waals surface area contributed by atoms with Gasteiger partial charge in [0.2, 0.25) is 0 Å². The molecule has 0 radical (unpaired) electrons. The van der Waals surface area contributed by atoms with E-state index in [1.54, 1.807) is 7.11 Å². The summed E-state index contributed by atoms with van der Waals surface area (Å²) in [6.45, 7) is 3.07. The zero-order valence-electron chi connectivity index (χ0n) is 14.0. The SMILES string of the molecule is COc1c2c(nc3ccccc13)CCN(Cc1ccccc1)CC2. The van der Waals surface area contributed by atoms with Crippen LogP contribution in [0.25, 0.3) is 10.9 Å².